The third kappa shape index (κ3) is 5.50. The normalized spacial score (nSPS) is 10.2. The van der Waals surface area contributed by atoms with Gasteiger partial charge in [0.2, 0.25) is 0 Å². The van der Waals surface area contributed by atoms with Crippen molar-refractivity contribution in [2.45, 2.75) is 20.3 Å². The zero-order valence-corrected chi connectivity index (χ0v) is 5.42. The number of hydrogen-bond donors (Lipinski definition) is 0. The van der Waals surface area contributed by atoms with Crippen molar-refractivity contribution in [3.63, 3.8) is 0 Å². The Bertz CT molecular complexity index is 61.5. The van der Waals surface area contributed by atoms with Gasteiger partial charge in [-0.15, -0.1) is 5.48 Å². The van der Waals surface area contributed by atoms with Crippen molar-refractivity contribution in [2.24, 2.45) is 0 Å². The molecule has 0 saturated carbocycles. The van der Waals surface area contributed by atoms with Gasteiger partial charge in [-0.1, -0.05) is 13.0 Å². The predicted octanol–water partition coefficient (Wildman–Crippen LogP) is 1.47. The van der Waals surface area contributed by atoms with E-state index in [-0.39, 0.29) is 0 Å². The molecule has 2 heteroatoms. The van der Waals surface area contributed by atoms with Gasteiger partial charge in [-0.2, -0.15) is 0 Å². The second-order valence-corrected chi connectivity index (χ2v) is 1.42. The molecule has 0 heterocycles. The number of rotatable bonds is 4. The van der Waals surface area contributed by atoms with E-state index in [1.807, 2.05) is 19.9 Å². The molecule has 0 atom stereocenters. The first kappa shape index (κ1) is 7.50. The highest BCUT2D eigenvalue weighted by Crippen LogP contribution is 1.76. The van der Waals surface area contributed by atoms with Crippen molar-refractivity contribution < 1.29 is 4.84 Å². The van der Waals surface area contributed by atoms with Crippen LogP contribution in [0.5, 0.6) is 0 Å². The molecule has 0 aliphatic carbocycles. The van der Waals surface area contributed by atoms with Gasteiger partial charge in [-0.25, -0.2) is 0 Å². The Hall–Kier alpha value is -0.500. The van der Waals surface area contributed by atoms with E-state index in [9.17, 15) is 0 Å². The summed E-state index contributed by atoms with van der Waals surface area (Å²) in [5.41, 5.74) is 3.60. The van der Waals surface area contributed by atoms with Gasteiger partial charge in [0.1, 0.15) is 0 Å². The molecule has 47 valence electrons. The molecule has 0 saturated heterocycles. The van der Waals surface area contributed by atoms with E-state index in [2.05, 4.69) is 5.48 Å². The maximum atomic E-state index is 4.76. The first-order valence-corrected chi connectivity index (χ1v) is 2.85. The van der Waals surface area contributed by atoms with Crippen LogP contribution in [0.3, 0.4) is 0 Å². The molecular weight excluding hydrogens is 102 g/mol. The summed E-state index contributed by atoms with van der Waals surface area (Å²) >= 11 is 0. The quantitative estimate of drug-likeness (QED) is 0.401. The molecular formula is C6H12NO. The maximum Gasteiger partial charge on any atom is 0.0768 e. The Morgan fingerprint density at radius 3 is 2.88 bits per heavy atom. The minimum Gasteiger partial charge on any atom is -0.252 e. The monoisotopic (exact) mass is 114 g/mol. The lowest BCUT2D eigenvalue weighted by Gasteiger charge is -1.92. The SMILES string of the molecule is C/C=C\[N]OCCC. The average Bonchev–Trinajstić information content (AvgIpc) is 1.81. The van der Waals surface area contributed by atoms with Gasteiger partial charge < -0.3 is 0 Å². The van der Waals surface area contributed by atoms with Crippen LogP contribution in [0.4, 0.5) is 0 Å². The highest BCUT2D eigenvalue weighted by molar-refractivity contribution is 4.68. The van der Waals surface area contributed by atoms with E-state index in [1.54, 1.807) is 6.20 Å². The van der Waals surface area contributed by atoms with Crippen molar-refractivity contribution in [3.05, 3.63) is 12.3 Å². The van der Waals surface area contributed by atoms with Crippen LogP contribution in [0.2, 0.25) is 0 Å². The van der Waals surface area contributed by atoms with E-state index < -0.39 is 0 Å². The van der Waals surface area contributed by atoms with Crippen LogP contribution in [0.15, 0.2) is 12.3 Å². The van der Waals surface area contributed by atoms with Gasteiger partial charge in [-0.05, 0) is 13.3 Å². The van der Waals surface area contributed by atoms with Crippen LogP contribution in [-0.2, 0) is 4.84 Å². The van der Waals surface area contributed by atoms with Crippen molar-refractivity contribution in [2.75, 3.05) is 6.61 Å². The van der Waals surface area contributed by atoms with Gasteiger partial charge in [0.05, 0.1) is 12.8 Å². The van der Waals surface area contributed by atoms with Crippen molar-refractivity contribution in [1.29, 1.82) is 0 Å². The van der Waals surface area contributed by atoms with Crippen LogP contribution < -0.4 is 5.48 Å². The molecule has 2 nitrogen and oxygen atoms in total. The predicted molar refractivity (Wildman–Crippen MR) is 33.2 cm³/mol. The first-order valence-electron chi connectivity index (χ1n) is 2.85. The Kier molecular flexibility index (Phi) is 6.09. The van der Waals surface area contributed by atoms with Gasteiger partial charge in [0.15, 0.2) is 0 Å². The van der Waals surface area contributed by atoms with Crippen LogP contribution in [0.1, 0.15) is 20.3 Å². The van der Waals surface area contributed by atoms with Gasteiger partial charge in [0.25, 0.3) is 0 Å². The Labute approximate surface area is 50.5 Å². The fraction of sp³-hybridized carbons (Fsp3) is 0.667. The molecule has 0 rings (SSSR count). The van der Waals surface area contributed by atoms with E-state index in [0.29, 0.717) is 6.61 Å². The molecule has 0 N–H and O–H groups in total. The molecule has 0 spiro atoms. The van der Waals surface area contributed by atoms with E-state index >= 15 is 0 Å². The van der Waals surface area contributed by atoms with Crippen LogP contribution in [0, 0.1) is 0 Å². The summed E-state index contributed by atoms with van der Waals surface area (Å²) in [6.45, 7) is 4.66. The zero-order valence-electron chi connectivity index (χ0n) is 5.42. The van der Waals surface area contributed by atoms with Gasteiger partial charge >= 0.3 is 0 Å². The summed E-state index contributed by atoms with van der Waals surface area (Å²) in [5.74, 6) is 0. The lowest BCUT2D eigenvalue weighted by Crippen LogP contribution is -1.98. The lowest BCUT2D eigenvalue weighted by molar-refractivity contribution is 0.0641. The maximum absolute atomic E-state index is 4.76. The molecule has 0 amide bonds. The summed E-state index contributed by atoms with van der Waals surface area (Å²) in [4.78, 5) is 4.76. The molecule has 0 aromatic heterocycles. The standard InChI is InChI=1S/C6H12NO/c1-3-5-7-8-6-4-2/h3,5H,4,6H2,1-2H3/b5-3-. The number of nitrogens with zero attached hydrogens (tertiary/aromatic N) is 1. The summed E-state index contributed by atoms with van der Waals surface area (Å²) in [5, 5.41) is 0. The largest absolute Gasteiger partial charge is 0.252 e. The van der Waals surface area contributed by atoms with E-state index in [4.69, 9.17) is 4.84 Å². The average molecular weight is 114 g/mol. The number of hydrogen-bond acceptors (Lipinski definition) is 1. The molecule has 0 unspecified atom stereocenters. The Morgan fingerprint density at radius 1 is 1.62 bits per heavy atom. The third-order valence-corrected chi connectivity index (χ3v) is 0.580. The highest BCUT2D eigenvalue weighted by Gasteiger charge is 1.76. The van der Waals surface area contributed by atoms with Gasteiger partial charge in [-0.3, -0.25) is 4.84 Å². The van der Waals surface area contributed by atoms with Crippen LogP contribution in [0.25, 0.3) is 0 Å². The minimum absolute atomic E-state index is 0.713. The lowest BCUT2D eigenvalue weighted by atomic mass is 10.5. The highest BCUT2D eigenvalue weighted by atomic mass is 16.6. The Balaban J connectivity index is 2.72. The molecule has 0 aliphatic rings. The molecule has 1 radical (unpaired) electrons. The molecule has 0 aromatic carbocycles. The summed E-state index contributed by atoms with van der Waals surface area (Å²) in [7, 11) is 0. The summed E-state index contributed by atoms with van der Waals surface area (Å²) in [6.07, 6.45) is 4.48. The smallest absolute Gasteiger partial charge is 0.0768 e. The van der Waals surface area contributed by atoms with E-state index in [1.165, 1.54) is 0 Å². The Morgan fingerprint density at radius 2 is 2.38 bits per heavy atom. The molecule has 0 aliphatic heterocycles. The minimum atomic E-state index is 0.713. The van der Waals surface area contributed by atoms with Crippen molar-refractivity contribution in [1.82, 2.24) is 5.48 Å². The zero-order chi connectivity index (χ0) is 6.24. The fourth-order valence-corrected chi connectivity index (χ4v) is 0.248. The third-order valence-electron chi connectivity index (χ3n) is 0.580. The fourth-order valence-electron chi connectivity index (χ4n) is 0.248. The van der Waals surface area contributed by atoms with Gasteiger partial charge in [0, 0.05) is 0 Å². The van der Waals surface area contributed by atoms with E-state index in [0.717, 1.165) is 6.42 Å². The number of allylic oxidation sites excluding steroid dienone is 1. The molecule has 0 aromatic rings. The second kappa shape index (κ2) is 6.50. The topological polar surface area (TPSA) is 23.3 Å². The first-order chi connectivity index (χ1) is 3.91. The molecule has 0 bridgehead atoms. The second-order valence-electron chi connectivity index (χ2n) is 1.42. The van der Waals surface area contributed by atoms with Crippen molar-refractivity contribution in [3.8, 4) is 0 Å². The molecule has 0 fully saturated rings. The van der Waals surface area contributed by atoms with Crippen LogP contribution in [-0.4, -0.2) is 6.61 Å². The summed E-state index contributed by atoms with van der Waals surface area (Å²) in [6, 6.07) is 0. The summed E-state index contributed by atoms with van der Waals surface area (Å²) < 4.78 is 0. The molecule has 8 heavy (non-hydrogen) atoms. The number of hydroxylamine groups is 1. The van der Waals surface area contributed by atoms with Crippen molar-refractivity contribution >= 4 is 0 Å². The van der Waals surface area contributed by atoms with Crippen LogP contribution >= 0.6 is 0 Å².